The van der Waals surface area contributed by atoms with Gasteiger partial charge in [-0.3, -0.25) is 0 Å². The summed E-state index contributed by atoms with van der Waals surface area (Å²) in [5.41, 5.74) is 2.33. The number of aromatic hydroxyl groups is 1. The van der Waals surface area contributed by atoms with Crippen molar-refractivity contribution < 1.29 is 14.6 Å². The molecule has 4 nitrogen and oxygen atoms in total. The highest BCUT2D eigenvalue weighted by molar-refractivity contribution is 5.84. The molecular weight excluding hydrogens is 331 g/mol. The Morgan fingerprint density at radius 3 is 2.69 bits per heavy atom. The van der Waals surface area contributed by atoms with Crippen LogP contribution in [0.2, 0.25) is 0 Å². The summed E-state index contributed by atoms with van der Waals surface area (Å²) in [6.07, 6.45) is 7.95. The van der Waals surface area contributed by atoms with Crippen molar-refractivity contribution in [1.29, 1.82) is 0 Å². The number of nitrogens with zero attached hydrogens (tertiary/aromatic N) is 2. The number of aliphatic hydroxyl groups is 1. The number of fused-ring (bicyclic) bond motifs is 1. The Balaban J connectivity index is 1.77. The second-order valence-corrected chi connectivity index (χ2v) is 6.35. The maximum Gasteiger partial charge on any atom is 0.165 e. The molecule has 0 amide bonds. The molecule has 2 aromatic carbocycles. The minimum absolute atomic E-state index is 0.267. The maximum atomic E-state index is 13.6. The van der Waals surface area contributed by atoms with E-state index >= 15 is 0 Å². The number of phenolic OH excluding ortho intramolecular Hbond substituents is 1. The van der Waals surface area contributed by atoms with Crippen LogP contribution in [0.5, 0.6) is 5.75 Å². The minimum Gasteiger partial charge on any atom is -0.505 e. The molecule has 2 N–H and O–H groups in total. The van der Waals surface area contributed by atoms with Crippen molar-refractivity contribution in [2.75, 3.05) is 0 Å². The normalized spacial score (nSPS) is 12.7. The third-order valence-electron chi connectivity index (χ3n) is 4.14. The molecule has 3 rings (SSSR count). The van der Waals surface area contributed by atoms with E-state index in [1.807, 2.05) is 30.4 Å². The molecule has 0 aliphatic rings. The van der Waals surface area contributed by atoms with Crippen molar-refractivity contribution >= 4 is 17.0 Å². The number of phenols is 1. The van der Waals surface area contributed by atoms with E-state index in [4.69, 9.17) is 0 Å². The lowest BCUT2D eigenvalue weighted by Crippen LogP contribution is -1.97. The van der Waals surface area contributed by atoms with E-state index in [2.05, 4.69) is 9.97 Å². The Morgan fingerprint density at radius 1 is 1.15 bits per heavy atom. The molecule has 0 aliphatic carbocycles. The molecule has 0 bridgehead atoms. The Bertz CT molecular complexity index is 938. The van der Waals surface area contributed by atoms with Gasteiger partial charge in [0.15, 0.2) is 17.4 Å². The summed E-state index contributed by atoms with van der Waals surface area (Å²) in [5.74, 6) is -0.365. The Hall–Kier alpha value is -2.79. The smallest absolute Gasteiger partial charge is 0.165 e. The highest BCUT2D eigenvalue weighted by atomic mass is 19.1. The van der Waals surface area contributed by atoms with Gasteiger partial charge in [-0.05, 0) is 67.7 Å². The van der Waals surface area contributed by atoms with Crippen molar-refractivity contribution in [3.8, 4) is 16.9 Å². The van der Waals surface area contributed by atoms with Crippen molar-refractivity contribution in [2.45, 2.75) is 32.3 Å². The van der Waals surface area contributed by atoms with Crippen molar-refractivity contribution in [3.05, 3.63) is 60.3 Å². The zero-order chi connectivity index (χ0) is 18.5. The summed E-state index contributed by atoms with van der Waals surface area (Å²) in [7, 11) is 0. The predicted octanol–water partition coefficient (Wildman–Crippen LogP) is 4.71. The van der Waals surface area contributed by atoms with E-state index in [-0.39, 0.29) is 11.9 Å². The third-order valence-corrected chi connectivity index (χ3v) is 4.14. The van der Waals surface area contributed by atoms with Crippen LogP contribution in [0.3, 0.4) is 0 Å². The summed E-state index contributed by atoms with van der Waals surface area (Å²) in [6.45, 7) is 1.79. The summed E-state index contributed by atoms with van der Waals surface area (Å²) >= 11 is 0. The van der Waals surface area contributed by atoms with E-state index in [1.165, 1.54) is 12.1 Å². The van der Waals surface area contributed by atoms with Gasteiger partial charge in [-0.2, -0.15) is 0 Å². The Morgan fingerprint density at radius 2 is 1.92 bits per heavy atom. The van der Waals surface area contributed by atoms with Crippen molar-refractivity contribution in [2.24, 2.45) is 0 Å². The molecule has 0 spiro atoms. The number of halogens is 1. The first-order valence-electron chi connectivity index (χ1n) is 8.63. The number of hydrogen-bond acceptors (Lipinski definition) is 4. The van der Waals surface area contributed by atoms with Crippen molar-refractivity contribution in [1.82, 2.24) is 9.97 Å². The zero-order valence-electron chi connectivity index (χ0n) is 14.6. The van der Waals surface area contributed by atoms with Crippen LogP contribution in [0.4, 0.5) is 4.39 Å². The SMILES string of the molecule is CC(O)CCCC=Cc1ncc2cc(-c3ccc(O)c(F)c3)ccc2n1. The average Bonchev–Trinajstić information content (AvgIpc) is 2.63. The molecule has 26 heavy (non-hydrogen) atoms. The van der Waals surface area contributed by atoms with Crippen molar-refractivity contribution in [3.63, 3.8) is 0 Å². The lowest BCUT2D eigenvalue weighted by Gasteiger charge is -2.05. The molecule has 0 saturated carbocycles. The molecule has 0 saturated heterocycles. The van der Waals surface area contributed by atoms with Gasteiger partial charge in [0, 0.05) is 11.6 Å². The molecule has 3 aromatic rings. The highest BCUT2D eigenvalue weighted by Crippen LogP contribution is 2.27. The highest BCUT2D eigenvalue weighted by Gasteiger charge is 2.06. The maximum absolute atomic E-state index is 13.6. The third kappa shape index (κ3) is 4.43. The van der Waals surface area contributed by atoms with Crippen LogP contribution in [0, 0.1) is 5.82 Å². The van der Waals surface area contributed by atoms with E-state index in [0.29, 0.717) is 11.4 Å². The fourth-order valence-electron chi connectivity index (χ4n) is 2.71. The monoisotopic (exact) mass is 352 g/mol. The Kier molecular flexibility index (Phi) is 5.58. The van der Waals surface area contributed by atoms with E-state index < -0.39 is 5.82 Å². The van der Waals surface area contributed by atoms with Gasteiger partial charge in [-0.25, -0.2) is 14.4 Å². The number of allylic oxidation sites excluding steroid dienone is 1. The lowest BCUT2D eigenvalue weighted by atomic mass is 10.0. The molecule has 0 radical (unpaired) electrons. The molecule has 1 unspecified atom stereocenters. The fourth-order valence-corrected chi connectivity index (χ4v) is 2.71. The average molecular weight is 352 g/mol. The zero-order valence-corrected chi connectivity index (χ0v) is 14.6. The molecule has 1 heterocycles. The number of unbranched alkanes of at least 4 members (excludes halogenated alkanes) is 1. The number of aromatic nitrogens is 2. The Labute approximate surface area is 151 Å². The van der Waals surface area contributed by atoms with E-state index in [9.17, 15) is 14.6 Å². The van der Waals surface area contributed by atoms with Gasteiger partial charge in [0.1, 0.15) is 0 Å². The predicted molar refractivity (Wildman–Crippen MR) is 101 cm³/mol. The lowest BCUT2D eigenvalue weighted by molar-refractivity contribution is 0.182. The van der Waals surface area contributed by atoms with Gasteiger partial charge in [0.05, 0.1) is 11.6 Å². The first kappa shape index (κ1) is 18.0. The van der Waals surface area contributed by atoms with Crippen LogP contribution in [-0.2, 0) is 0 Å². The van der Waals surface area contributed by atoms with Crippen LogP contribution < -0.4 is 0 Å². The van der Waals surface area contributed by atoms with Crippen LogP contribution in [0.15, 0.2) is 48.7 Å². The molecule has 0 fully saturated rings. The van der Waals surface area contributed by atoms with Gasteiger partial charge in [-0.15, -0.1) is 0 Å². The summed E-state index contributed by atoms with van der Waals surface area (Å²) < 4.78 is 13.6. The molecule has 1 aromatic heterocycles. The van der Waals surface area contributed by atoms with E-state index in [1.54, 1.807) is 19.2 Å². The number of benzene rings is 2. The van der Waals surface area contributed by atoms with Gasteiger partial charge in [0.25, 0.3) is 0 Å². The minimum atomic E-state index is -0.644. The second kappa shape index (κ2) is 8.06. The van der Waals surface area contributed by atoms with Crippen LogP contribution in [-0.4, -0.2) is 26.3 Å². The quantitative estimate of drug-likeness (QED) is 0.631. The number of hydrogen-bond donors (Lipinski definition) is 2. The van der Waals surface area contributed by atoms with Gasteiger partial charge in [0.2, 0.25) is 0 Å². The molecule has 134 valence electrons. The summed E-state index contributed by atoms with van der Waals surface area (Å²) in [4.78, 5) is 8.86. The molecular formula is C21H21FN2O2. The summed E-state index contributed by atoms with van der Waals surface area (Å²) in [6, 6.07) is 9.97. The standard InChI is InChI=1S/C21H21FN2O2/c1-14(25)5-3-2-4-6-21-23-13-17-11-15(7-9-19(17)24-21)16-8-10-20(26)18(22)12-16/h4,6-14,25-26H,2-3,5H2,1H3. The van der Waals surface area contributed by atoms with Crippen LogP contribution in [0.25, 0.3) is 28.1 Å². The topological polar surface area (TPSA) is 66.2 Å². The largest absolute Gasteiger partial charge is 0.505 e. The fraction of sp³-hybridized carbons (Fsp3) is 0.238. The molecule has 0 aliphatic heterocycles. The summed E-state index contributed by atoms with van der Waals surface area (Å²) in [5, 5.41) is 19.4. The molecule has 1 atom stereocenters. The first-order chi connectivity index (χ1) is 12.5. The van der Waals surface area contributed by atoms with Gasteiger partial charge in [-0.1, -0.05) is 18.2 Å². The molecule has 5 heteroatoms. The van der Waals surface area contributed by atoms with Gasteiger partial charge >= 0.3 is 0 Å². The second-order valence-electron chi connectivity index (χ2n) is 6.35. The first-order valence-corrected chi connectivity index (χ1v) is 8.63. The van der Waals surface area contributed by atoms with Gasteiger partial charge < -0.3 is 10.2 Å². The van der Waals surface area contributed by atoms with E-state index in [0.717, 1.165) is 35.7 Å². The van der Waals surface area contributed by atoms with Crippen LogP contribution in [0.1, 0.15) is 32.0 Å². The number of rotatable bonds is 6. The van der Waals surface area contributed by atoms with Crippen LogP contribution >= 0.6 is 0 Å². The number of aliphatic hydroxyl groups excluding tert-OH is 1.